The highest BCUT2D eigenvalue weighted by atomic mass is 79.9. The van der Waals surface area contributed by atoms with E-state index >= 15 is 0 Å². The first-order valence-electron chi connectivity index (χ1n) is 9.16. The van der Waals surface area contributed by atoms with Crippen molar-refractivity contribution in [3.05, 3.63) is 63.1 Å². The van der Waals surface area contributed by atoms with Crippen LogP contribution in [0.3, 0.4) is 0 Å². The Labute approximate surface area is 169 Å². The summed E-state index contributed by atoms with van der Waals surface area (Å²) < 4.78 is 0.866. The molecule has 0 saturated carbocycles. The Balaban J connectivity index is 1.81. The predicted molar refractivity (Wildman–Crippen MR) is 116 cm³/mol. The fourth-order valence-electron chi connectivity index (χ4n) is 3.73. The third-order valence-corrected chi connectivity index (χ3v) is 5.97. The van der Waals surface area contributed by atoms with Gasteiger partial charge in [0, 0.05) is 28.3 Å². The second-order valence-corrected chi connectivity index (χ2v) is 8.87. The van der Waals surface area contributed by atoms with E-state index in [9.17, 15) is 4.79 Å². The van der Waals surface area contributed by atoms with E-state index in [1.54, 1.807) is 18.3 Å². The fourth-order valence-corrected chi connectivity index (χ4v) is 4.13. The summed E-state index contributed by atoms with van der Waals surface area (Å²) in [5, 5.41) is 4.18. The molecule has 1 aliphatic rings. The van der Waals surface area contributed by atoms with Gasteiger partial charge in [0.05, 0.1) is 6.21 Å². The van der Waals surface area contributed by atoms with Crippen molar-refractivity contribution in [2.45, 2.75) is 45.6 Å². The number of aryl methyl sites for hydroxylation is 1. The smallest absolute Gasteiger partial charge is 0.271 e. The molecular weight excluding hydrogens is 402 g/mol. The lowest BCUT2D eigenvalue weighted by Gasteiger charge is -2.45. The molecule has 0 spiro atoms. The summed E-state index contributed by atoms with van der Waals surface area (Å²) in [5.74, 6) is 0.258. The lowest BCUT2D eigenvalue weighted by Crippen LogP contribution is -2.45. The highest BCUT2D eigenvalue weighted by Gasteiger charge is 2.34. The van der Waals surface area contributed by atoms with Gasteiger partial charge in [0.15, 0.2) is 0 Å². The number of amides is 1. The number of nitrogens with zero attached hydrogens (tertiary/aromatic N) is 2. The molecule has 3 rings (SSSR count). The first-order valence-corrected chi connectivity index (χ1v) is 9.95. The molecule has 2 aromatic carbocycles. The standard InChI is InChI=1S/C22H26BrN3O/c1-14-9-20-19(15(2)12-22(3,4)26(20)5)11-17(14)13-24-25-21(27)16-7-6-8-18(23)10-16/h6-11,13,15H,12H2,1-5H3,(H,25,27)/b24-13-/t15-/m1/s1. The van der Waals surface area contributed by atoms with Crippen molar-refractivity contribution in [1.82, 2.24) is 5.43 Å². The first-order chi connectivity index (χ1) is 12.7. The summed E-state index contributed by atoms with van der Waals surface area (Å²) >= 11 is 3.38. The van der Waals surface area contributed by atoms with Gasteiger partial charge in [0.25, 0.3) is 5.91 Å². The summed E-state index contributed by atoms with van der Waals surface area (Å²) in [6, 6.07) is 11.7. The Bertz CT molecular complexity index is 904. The molecule has 0 radical (unpaired) electrons. The van der Waals surface area contributed by atoms with E-state index in [-0.39, 0.29) is 11.4 Å². The van der Waals surface area contributed by atoms with Crippen LogP contribution in [0.5, 0.6) is 0 Å². The van der Waals surface area contributed by atoms with Gasteiger partial charge in [-0.3, -0.25) is 4.79 Å². The summed E-state index contributed by atoms with van der Waals surface area (Å²) in [7, 11) is 2.16. The number of nitrogens with one attached hydrogen (secondary N) is 1. The van der Waals surface area contributed by atoms with Crippen molar-refractivity contribution in [1.29, 1.82) is 0 Å². The molecule has 5 heteroatoms. The normalized spacial score (nSPS) is 18.4. The molecule has 0 saturated heterocycles. The number of fused-ring (bicyclic) bond motifs is 1. The average Bonchev–Trinajstić information content (AvgIpc) is 2.60. The van der Waals surface area contributed by atoms with E-state index in [1.165, 1.54) is 11.3 Å². The van der Waals surface area contributed by atoms with E-state index in [2.05, 4.69) is 78.2 Å². The Hall–Kier alpha value is -2.14. The fraction of sp³-hybridized carbons (Fsp3) is 0.364. The molecule has 0 aliphatic carbocycles. The summed E-state index contributed by atoms with van der Waals surface area (Å²) in [4.78, 5) is 14.6. The quantitative estimate of drug-likeness (QED) is 0.537. The van der Waals surface area contributed by atoms with Crippen LogP contribution in [0.4, 0.5) is 5.69 Å². The Morgan fingerprint density at radius 3 is 2.78 bits per heavy atom. The highest BCUT2D eigenvalue weighted by Crippen LogP contribution is 2.43. The first kappa shape index (κ1) is 19.6. The maximum absolute atomic E-state index is 12.2. The molecule has 1 amide bonds. The van der Waals surface area contributed by atoms with E-state index in [4.69, 9.17) is 0 Å². The van der Waals surface area contributed by atoms with Gasteiger partial charge in [-0.25, -0.2) is 5.43 Å². The molecule has 0 fully saturated rings. The van der Waals surface area contributed by atoms with Crippen molar-refractivity contribution in [2.24, 2.45) is 5.10 Å². The molecule has 1 aliphatic heterocycles. The number of hydrazone groups is 1. The van der Waals surface area contributed by atoms with Crippen LogP contribution in [-0.4, -0.2) is 24.7 Å². The van der Waals surface area contributed by atoms with E-state index in [0.717, 1.165) is 22.0 Å². The second-order valence-electron chi connectivity index (χ2n) is 7.95. The summed E-state index contributed by atoms with van der Waals surface area (Å²) in [5.41, 5.74) is 8.12. The van der Waals surface area contributed by atoms with Crippen molar-refractivity contribution in [2.75, 3.05) is 11.9 Å². The van der Waals surface area contributed by atoms with Crippen LogP contribution in [0.1, 0.15) is 60.2 Å². The monoisotopic (exact) mass is 427 g/mol. The number of carbonyl (C=O) groups excluding carboxylic acids is 1. The van der Waals surface area contributed by atoms with Gasteiger partial charge in [-0.1, -0.05) is 28.9 Å². The number of benzene rings is 2. The van der Waals surface area contributed by atoms with Gasteiger partial charge in [-0.15, -0.1) is 0 Å². The zero-order chi connectivity index (χ0) is 19.8. The van der Waals surface area contributed by atoms with Crippen LogP contribution < -0.4 is 10.3 Å². The molecule has 4 nitrogen and oxygen atoms in total. The maximum atomic E-state index is 12.2. The molecule has 142 valence electrons. The molecule has 27 heavy (non-hydrogen) atoms. The Morgan fingerprint density at radius 2 is 2.07 bits per heavy atom. The molecule has 1 N–H and O–H groups in total. The number of rotatable bonds is 3. The summed E-state index contributed by atoms with van der Waals surface area (Å²) in [6.45, 7) is 8.93. The minimum atomic E-state index is -0.224. The van der Waals surface area contributed by atoms with Crippen LogP contribution >= 0.6 is 15.9 Å². The lowest BCUT2D eigenvalue weighted by atomic mass is 9.79. The Morgan fingerprint density at radius 1 is 1.33 bits per heavy atom. The van der Waals surface area contributed by atoms with Crippen molar-refractivity contribution >= 4 is 33.7 Å². The third kappa shape index (κ3) is 4.08. The van der Waals surface area contributed by atoms with Gasteiger partial charge in [-0.2, -0.15) is 5.10 Å². The van der Waals surface area contributed by atoms with Crippen LogP contribution in [0.25, 0.3) is 0 Å². The second kappa shape index (κ2) is 7.47. The molecule has 2 aromatic rings. The van der Waals surface area contributed by atoms with Crippen LogP contribution in [-0.2, 0) is 0 Å². The van der Waals surface area contributed by atoms with Gasteiger partial charge in [0.1, 0.15) is 0 Å². The molecule has 1 heterocycles. The largest absolute Gasteiger partial charge is 0.369 e. The van der Waals surface area contributed by atoms with E-state index < -0.39 is 0 Å². The molecule has 0 aromatic heterocycles. The van der Waals surface area contributed by atoms with Gasteiger partial charge in [0.2, 0.25) is 0 Å². The van der Waals surface area contributed by atoms with E-state index in [0.29, 0.717) is 11.5 Å². The molecule has 1 atom stereocenters. The van der Waals surface area contributed by atoms with Crippen LogP contribution in [0.2, 0.25) is 0 Å². The predicted octanol–water partition coefficient (Wildman–Crippen LogP) is 5.24. The minimum Gasteiger partial charge on any atom is -0.369 e. The van der Waals surface area contributed by atoms with Crippen molar-refractivity contribution in [3.63, 3.8) is 0 Å². The minimum absolute atomic E-state index is 0.145. The molecule has 0 unspecified atom stereocenters. The van der Waals surface area contributed by atoms with E-state index in [1.807, 2.05) is 12.1 Å². The average molecular weight is 428 g/mol. The van der Waals surface area contributed by atoms with Crippen LogP contribution in [0, 0.1) is 6.92 Å². The van der Waals surface area contributed by atoms with Crippen LogP contribution in [0.15, 0.2) is 46.0 Å². The van der Waals surface area contributed by atoms with Gasteiger partial charge < -0.3 is 4.90 Å². The molecule has 0 bridgehead atoms. The zero-order valence-electron chi connectivity index (χ0n) is 16.5. The number of hydrogen-bond acceptors (Lipinski definition) is 3. The summed E-state index contributed by atoms with van der Waals surface area (Å²) in [6.07, 6.45) is 2.84. The topological polar surface area (TPSA) is 44.7 Å². The van der Waals surface area contributed by atoms with Crippen molar-refractivity contribution in [3.8, 4) is 0 Å². The lowest BCUT2D eigenvalue weighted by molar-refractivity contribution is 0.0955. The number of hydrogen-bond donors (Lipinski definition) is 1. The SMILES string of the molecule is Cc1cc2c(cc1/C=N\NC(=O)c1cccc(Br)c1)[C@H](C)CC(C)(C)N2C. The van der Waals surface area contributed by atoms with Crippen molar-refractivity contribution < 1.29 is 4.79 Å². The van der Waals surface area contributed by atoms with Gasteiger partial charge >= 0.3 is 0 Å². The molecular formula is C22H26BrN3O. The maximum Gasteiger partial charge on any atom is 0.271 e. The highest BCUT2D eigenvalue weighted by molar-refractivity contribution is 9.10. The number of carbonyl (C=O) groups is 1. The number of halogens is 1. The third-order valence-electron chi connectivity index (χ3n) is 5.48. The number of anilines is 1. The zero-order valence-corrected chi connectivity index (χ0v) is 18.1. The van der Waals surface area contributed by atoms with Gasteiger partial charge in [-0.05, 0) is 80.1 Å². The Kier molecular flexibility index (Phi) is 5.43.